The van der Waals surface area contributed by atoms with E-state index in [1.54, 1.807) is 0 Å². The Labute approximate surface area is 99.5 Å². The van der Waals surface area contributed by atoms with Crippen LogP contribution in [-0.4, -0.2) is 19.0 Å². The highest BCUT2D eigenvalue weighted by molar-refractivity contribution is 6.31. The Morgan fingerprint density at radius 2 is 2.12 bits per heavy atom. The second-order valence-corrected chi connectivity index (χ2v) is 3.83. The van der Waals surface area contributed by atoms with E-state index in [4.69, 9.17) is 11.6 Å². The lowest BCUT2D eigenvalue weighted by Gasteiger charge is -2.08. The quantitative estimate of drug-likeness (QED) is 0.788. The number of anilines is 1. The van der Waals surface area contributed by atoms with Gasteiger partial charge in [-0.05, 0) is 12.1 Å². The van der Waals surface area contributed by atoms with Crippen LogP contribution in [0.4, 0.5) is 14.5 Å². The van der Waals surface area contributed by atoms with E-state index < -0.39 is 23.4 Å². The number of rotatable bonds is 1. The van der Waals surface area contributed by atoms with Crippen LogP contribution in [0.5, 0.6) is 0 Å². The third kappa shape index (κ3) is 1.64. The highest BCUT2D eigenvalue weighted by Crippen LogP contribution is 2.43. The van der Waals surface area contributed by atoms with E-state index in [9.17, 15) is 18.4 Å². The number of amides is 1. The van der Waals surface area contributed by atoms with Gasteiger partial charge in [0.15, 0.2) is 0 Å². The number of halogens is 3. The van der Waals surface area contributed by atoms with Gasteiger partial charge in [0.1, 0.15) is 0 Å². The van der Waals surface area contributed by atoms with Gasteiger partial charge in [-0.3, -0.25) is 4.79 Å². The molecule has 0 bridgehead atoms. The zero-order valence-corrected chi connectivity index (χ0v) is 9.27. The number of methoxy groups -OCH3 is 1. The first-order valence-electron chi connectivity index (χ1n) is 4.49. The van der Waals surface area contributed by atoms with Crippen molar-refractivity contribution in [1.29, 1.82) is 0 Å². The normalized spacial score (nSPS) is 16.4. The molecular formula is C10H6ClF2NO3. The van der Waals surface area contributed by atoms with E-state index >= 15 is 0 Å². The average molecular weight is 262 g/mol. The molecule has 17 heavy (non-hydrogen) atoms. The molecule has 4 nitrogen and oxygen atoms in total. The van der Waals surface area contributed by atoms with E-state index in [0.717, 1.165) is 19.2 Å². The summed E-state index contributed by atoms with van der Waals surface area (Å²) in [6, 6.07) is 2.11. The number of ether oxygens (including phenoxy) is 1. The van der Waals surface area contributed by atoms with Crippen LogP contribution in [0, 0.1) is 0 Å². The smallest absolute Gasteiger partial charge is 0.352 e. The number of carbonyl (C=O) groups is 2. The monoisotopic (exact) mass is 261 g/mol. The van der Waals surface area contributed by atoms with Crippen LogP contribution in [0.15, 0.2) is 12.1 Å². The summed E-state index contributed by atoms with van der Waals surface area (Å²) in [7, 11) is 1.10. The molecule has 0 radical (unpaired) electrons. The third-order valence-corrected chi connectivity index (χ3v) is 2.59. The number of hydrogen-bond donors (Lipinski definition) is 1. The minimum Gasteiger partial charge on any atom is -0.465 e. The Bertz CT molecular complexity index is 531. The molecule has 0 aliphatic carbocycles. The van der Waals surface area contributed by atoms with Crippen LogP contribution in [0.1, 0.15) is 15.9 Å². The standard InChI is InChI=1S/C10H6ClF2NO3/c1-17-8(15)5-2-4(11)3-6-7(5)14-9(16)10(6,12)13/h2-3H,1H3,(H,14,16). The van der Waals surface area contributed by atoms with Gasteiger partial charge in [-0.25, -0.2) is 4.79 Å². The molecule has 1 amide bonds. The Hall–Kier alpha value is -1.69. The molecule has 0 saturated carbocycles. The Morgan fingerprint density at radius 3 is 2.71 bits per heavy atom. The van der Waals surface area contributed by atoms with Gasteiger partial charge in [0, 0.05) is 5.02 Å². The van der Waals surface area contributed by atoms with Crippen molar-refractivity contribution in [2.45, 2.75) is 5.92 Å². The number of hydrogen-bond acceptors (Lipinski definition) is 3. The van der Waals surface area contributed by atoms with Crippen LogP contribution in [0.2, 0.25) is 5.02 Å². The minimum absolute atomic E-state index is 0.0691. The van der Waals surface area contributed by atoms with Crippen LogP contribution in [0.3, 0.4) is 0 Å². The second-order valence-electron chi connectivity index (χ2n) is 3.40. The fraction of sp³-hybridized carbons (Fsp3) is 0.200. The predicted octanol–water partition coefficient (Wildman–Crippen LogP) is 2.17. The van der Waals surface area contributed by atoms with E-state index in [2.05, 4.69) is 4.74 Å². The zero-order chi connectivity index (χ0) is 12.8. The van der Waals surface area contributed by atoms with Gasteiger partial charge in [-0.1, -0.05) is 11.6 Å². The van der Waals surface area contributed by atoms with E-state index in [0.29, 0.717) is 0 Å². The molecule has 0 saturated heterocycles. The van der Waals surface area contributed by atoms with Crippen LogP contribution in [0.25, 0.3) is 0 Å². The van der Waals surface area contributed by atoms with Crippen LogP contribution in [-0.2, 0) is 15.5 Å². The molecule has 0 spiro atoms. The summed E-state index contributed by atoms with van der Waals surface area (Å²) >= 11 is 5.62. The zero-order valence-electron chi connectivity index (χ0n) is 8.51. The van der Waals surface area contributed by atoms with Gasteiger partial charge in [0.25, 0.3) is 5.91 Å². The molecule has 1 N–H and O–H groups in total. The summed E-state index contributed by atoms with van der Waals surface area (Å²) < 4.78 is 31.3. The Morgan fingerprint density at radius 1 is 1.47 bits per heavy atom. The number of benzene rings is 1. The van der Waals surface area contributed by atoms with Crippen molar-refractivity contribution in [3.05, 3.63) is 28.3 Å². The SMILES string of the molecule is COC(=O)c1cc(Cl)cc2c1NC(=O)C2(F)F. The molecule has 0 aromatic heterocycles. The first-order valence-corrected chi connectivity index (χ1v) is 4.87. The fourth-order valence-electron chi connectivity index (χ4n) is 1.57. The van der Waals surface area contributed by atoms with E-state index in [1.165, 1.54) is 0 Å². The van der Waals surface area contributed by atoms with Crippen LogP contribution < -0.4 is 5.32 Å². The second kappa shape index (κ2) is 3.66. The number of alkyl halides is 2. The van der Waals surface area contributed by atoms with Gasteiger partial charge in [-0.15, -0.1) is 0 Å². The summed E-state index contributed by atoms with van der Waals surface area (Å²) in [5.74, 6) is -6.02. The lowest BCUT2D eigenvalue weighted by molar-refractivity contribution is -0.139. The van der Waals surface area contributed by atoms with Crippen LogP contribution >= 0.6 is 11.6 Å². The predicted molar refractivity (Wildman–Crippen MR) is 55.3 cm³/mol. The maximum atomic E-state index is 13.4. The molecule has 1 aliphatic heterocycles. The highest BCUT2D eigenvalue weighted by atomic mass is 35.5. The third-order valence-electron chi connectivity index (χ3n) is 2.37. The lowest BCUT2D eigenvalue weighted by atomic mass is 10.1. The van der Waals surface area contributed by atoms with Gasteiger partial charge >= 0.3 is 11.9 Å². The summed E-state index contributed by atoms with van der Waals surface area (Å²) in [4.78, 5) is 22.4. The summed E-state index contributed by atoms with van der Waals surface area (Å²) in [6.07, 6.45) is 0. The number of esters is 1. The van der Waals surface area contributed by atoms with Crippen molar-refractivity contribution >= 4 is 29.2 Å². The van der Waals surface area contributed by atoms with E-state index in [1.807, 2.05) is 5.32 Å². The molecule has 7 heteroatoms. The molecule has 1 aliphatic rings. The molecule has 90 valence electrons. The van der Waals surface area contributed by atoms with Gasteiger partial charge < -0.3 is 10.1 Å². The minimum atomic E-state index is -3.69. The summed E-state index contributed by atoms with van der Waals surface area (Å²) in [5.41, 5.74) is -1.06. The maximum Gasteiger partial charge on any atom is 0.352 e. The average Bonchev–Trinajstić information content (AvgIpc) is 2.50. The molecule has 0 atom stereocenters. The first kappa shape index (κ1) is 11.8. The van der Waals surface area contributed by atoms with Crippen molar-refractivity contribution in [2.75, 3.05) is 12.4 Å². The fourth-order valence-corrected chi connectivity index (χ4v) is 1.79. The highest BCUT2D eigenvalue weighted by Gasteiger charge is 2.50. The lowest BCUT2D eigenvalue weighted by Crippen LogP contribution is -2.23. The topological polar surface area (TPSA) is 55.4 Å². The van der Waals surface area contributed by atoms with Crippen molar-refractivity contribution in [3.63, 3.8) is 0 Å². The van der Waals surface area contributed by atoms with Crippen molar-refractivity contribution < 1.29 is 23.1 Å². The molecule has 1 heterocycles. The first-order chi connectivity index (χ1) is 7.87. The molecular weight excluding hydrogens is 256 g/mol. The van der Waals surface area contributed by atoms with Gasteiger partial charge in [-0.2, -0.15) is 8.78 Å². The Balaban J connectivity index is 2.69. The molecule has 2 rings (SSSR count). The Kier molecular flexibility index (Phi) is 2.54. The summed E-state index contributed by atoms with van der Waals surface area (Å²) in [6.45, 7) is 0. The van der Waals surface area contributed by atoms with Crippen molar-refractivity contribution in [2.24, 2.45) is 0 Å². The van der Waals surface area contributed by atoms with Gasteiger partial charge in [0.05, 0.1) is 23.9 Å². The van der Waals surface area contributed by atoms with Crippen molar-refractivity contribution in [1.82, 2.24) is 0 Å². The number of fused-ring (bicyclic) bond motifs is 1. The van der Waals surface area contributed by atoms with Gasteiger partial charge in [0.2, 0.25) is 0 Å². The molecule has 0 unspecified atom stereocenters. The number of carbonyl (C=O) groups excluding carboxylic acids is 2. The molecule has 1 aromatic rings. The molecule has 1 aromatic carbocycles. The maximum absolute atomic E-state index is 13.4. The van der Waals surface area contributed by atoms with E-state index in [-0.39, 0.29) is 16.3 Å². The summed E-state index contributed by atoms with van der Waals surface area (Å²) in [5, 5.41) is 1.88. The molecule has 0 fully saturated rings. The van der Waals surface area contributed by atoms with Crippen molar-refractivity contribution in [3.8, 4) is 0 Å². The largest absolute Gasteiger partial charge is 0.465 e. The number of nitrogens with one attached hydrogen (secondary N) is 1.